The van der Waals surface area contributed by atoms with Gasteiger partial charge in [0.15, 0.2) is 0 Å². The van der Waals surface area contributed by atoms with E-state index in [0.717, 1.165) is 123 Å². The number of nitrogens with one attached hydrogen (secondary N) is 1. The molecule has 2 N–H and O–H groups in total. The molecular formula is C53H59F3N8O9. The molecule has 7 heterocycles. The van der Waals surface area contributed by atoms with Crippen LogP contribution >= 0.6 is 0 Å². The Labute approximate surface area is 420 Å². The number of carboxylic acids is 1. The van der Waals surface area contributed by atoms with E-state index in [1.807, 2.05) is 11.1 Å². The second kappa shape index (κ2) is 20.4. The lowest BCUT2D eigenvalue weighted by Gasteiger charge is -2.45. The Kier molecular flexibility index (Phi) is 13.9. The van der Waals surface area contributed by atoms with Crippen molar-refractivity contribution in [2.45, 2.75) is 127 Å². The van der Waals surface area contributed by atoms with Crippen molar-refractivity contribution in [1.29, 1.82) is 0 Å². The number of hydrogen-bond donors (Lipinski definition) is 2. The first-order valence-electron chi connectivity index (χ1n) is 25.6. The number of ether oxygens (including phenoxy) is 1. The highest BCUT2D eigenvalue weighted by molar-refractivity contribution is 6.23. The first-order valence-corrected chi connectivity index (χ1v) is 25.6. The number of nitrogens with zero attached hydrogens (tertiary/aromatic N) is 7. The highest BCUT2D eigenvalue weighted by Gasteiger charge is 2.45. The molecule has 8 aliphatic rings. The minimum atomic E-state index is -5.08. The third-order valence-electron chi connectivity index (χ3n) is 15.8. The van der Waals surface area contributed by atoms with E-state index in [9.17, 15) is 41.9 Å². The minimum Gasteiger partial charge on any atom is -0.489 e. The summed E-state index contributed by atoms with van der Waals surface area (Å²) in [6, 6.07) is 9.10. The summed E-state index contributed by atoms with van der Waals surface area (Å²) < 4.78 is 40.6. The summed E-state index contributed by atoms with van der Waals surface area (Å²) in [6.07, 6.45) is 10.3. The lowest BCUT2D eigenvalue weighted by molar-refractivity contribution is -0.192. The third-order valence-corrected chi connectivity index (χ3v) is 15.8. The monoisotopic (exact) mass is 1010 g/mol. The van der Waals surface area contributed by atoms with Gasteiger partial charge in [0.2, 0.25) is 23.6 Å². The molecule has 6 fully saturated rings. The van der Waals surface area contributed by atoms with Crippen LogP contribution in [0.3, 0.4) is 0 Å². The van der Waals surface area contributed by atoms with Gasteiger partial charge < -0.3 is 19.6 Å². The van der Waals surface area contributed by atoms with Crippen molar-refractivity contribution in [2.75, 3.05) is 50.7 Å². The van der Waals surface area contributed by atoms with E-state index in [1.165, 1.54) is 6.42 Å². The van der Waals surface area contributed by atoms with Crippen molar-refractivity contribution in [2.24, 2.45) is 11.8 Å². The van der Waals surface area contributed by atoms with E-state index in [2.05, 4.69) is 61.8 Å². The van der Waals surface area contributed by atoms with E-state index in [0.29, 0.717) is 31.2 Å². The molecule has 2 saturated carbocycles. The molecule has 4 saturated heterocycles. The van der Waals surface area contributed by atoms with Crippen molar-refractivity contribution in [3.05, 3.63) is 65.0 Å². The van der Waals surface area contributed by atoms with Gasteiger partial charge in [-0.15, -0.1) is 0 Å². The molecule has 6 amide bonds. The average Bonchev–Trinajstić information content (AvgIpc) is 4.03. The number of aliphatic carboxylic acids is 1. The number of likely N-dealkylation sites (tertiary alicyclic amines) is 3. The van der Waals surface area contributed by atoms with Gasteiger partial charge in [-0.1, -0.05) is 11.8 Å². The van der Waals surface area contributed by atoms with Crippen LogP contribution in [0.1, 0.15) is 122 Å². The molecular weight excluding hydrogens is 950 g/mol. The van der Waals surface area contributed by atoms with Crippen molar-refractivity contribution in [1.82, 2.24) is 34.7 Å². The molecule has 20 heteroatoms. The van der Waals surface area contributed by atoms with Crippen LogP contribution in [0.15, 0.2) is 42.7 Å². The summed E-state index contributed by atoms with van der Waals surface area (Å²) in [5, 5.41) is 14.2. The van der Waals surface area contributed by atoms with Crippen LogP contribution in [-0.4, -0.2) is 152 Å². The molecule has 2 atom stereocenters. The van der Waals surface area contributed by atoms with Crippen LogP contribution in [0.2, 0.25) is 0 Å². The largest absolute Gasteiger partial charge is 0.490 e. The van der Waals surface area contributed by atoms with E-state index in [-0.39, 0.29) is 65.8 Å². The first kappa shape index (κ1) is 50.0. The number of carboxylic acid groups (broad SMARTS) is 1. The summed E-state index contributed by atoms with van der Waals surface area (Å²) in [5.74, 6) is 3.47. The van der Waals surface area contributed by atoms with Gasteiger partial charge in [-0.2, -0.15) is 18.3 Å². The number of rotatable bonds is 9. The van der Waals surface area contributed by atoms with Crippen LogP contribution in [0.25, 0.3) is 11.1 Å². The summed E-state index contributed by atoms with van der Waals surface area (Å²) in [5.41, 5.74) is 5.39. The van der Waals surface area contributed by atoms with Crippen molar-refractivity contribution in [3.63, 3.8) is 0 Å². The van der Waals surface area contributed by atoms with E-state index in [4.69, 9.17) is 19.7 Å². The molecule has 17 nitrogen and oxygen atoms in total. The summed E-state index contributed by atoms with van der Waals surface area (Å²) in [7, 11) is 0. The normalized spacial score (nSPS) is 23.3. The zero-order valence-corrected chi connectivity index (χ0v) is 40.7. The van der Waals surface area contributed by atoms with Gasteiger partial charge in [-0.3, -0.25) is 53.5 Å². The number of imide groups is 2. The van der Waals surface area contributed by atoms with Gasteiger partial charge in [-0.25, -0.2) is 4.79 Å². The van der Waals surface area contributed by atoms with E-state index < -0.39 is 41.8 Å². The van der Waals surface area contributed by atoms with Crippen LogP contribution in [-0.2, 0) is 30.4 Å². The molecule has 73 heavy (non-hydrogen) atoms. The molecule has 2 aromatic carbocycles. The second-order valence-electron chi connectivity index (χ2n) is 20.7. The van der Waals surface area contributed by atoms with Crippen LogP contribution in [0.5, 0.6) is 5.75 Å². The van der Waals surface area contributed by atoms with Crippen LogP contribution in [0, 0.1) is 23.7 Å². The molecule has 0 radical (unpaired) electrons. The third kappa shape index (κ3) is 10.5. The van der Waals surface area contributed by atoms with Gasteiger partial charge in [0, 0.05) is 98.1 Å². The van der Waals surface area contributed by atoms with Crippen molar-refractivity contribution >= 4 is 47.1 Å². The fraction of sp³-hybridized carbons (Fsp3) is 0.547. The lowest BCUT2D eigenvalue weighted by Crippen LogP contribution is -2.55. The number of fused-ring (bicyclic) bond motifs is 2. The fourth-order valence-corrected chi connectivity index (χ4v) is 11.1. The van der Waals surface area contributed by atoms with Gasteiger partial charge in [-0.05, 0) is 114 Å². The summed E-state index contributed by atoms with van der Waals surface area (Å²) in [4.78, 5) is 96.0. The number of benzene rings is 2. The number of hydrogen-bond acceptors (Lipinski definition) is 11. The van der Waals surface area contributed by atoms with Gasteiger partial charge in [0.25, 0.3) is 11.8 Å². The van der Waals surface area contributed by atoms with Crippen LogP contribution in [0.4, 0.5) is 18.9 Å². The smallest absolute Gasteiger partial charge is 0.489 e. The molecule has 2 aliphatic carbocycles. The summed E-state index contributed by atoms with van der Waals surface area (Å²) >= 11 is 0. The van der Waals surface area contributed by atoms with E-state index in [1.54, 1.807) is 18.2 Å². The Hall–Kier alpha value is -6.59. The maximum atomic E-state index is 13.6. The standard InChI is InChI=1S/C51H58N8O7.C2HF3O2/c1-31-5-11-41-43(58(31)49(63)34-9-10-34)14-13-39(47(41)66-38-3-2-4-38)35-26-52-57(29-35)37-19-23-55(24-20-37)46(61)30-54-21-17-36(18-22-54)56-27-33(28-56)7-6-32-8-12-40-42(25-32)51(65)59(50(40)64)44-15-16-45(60)53-48(44)62;3-2(4,5)1(6)7/h8,12-14,25-26,29,31,33-34,36-38,44H,2-5,9-11,15-24,27-28,30H2,1H3,(H,53,60,62);(H,6,7)/t31-,44?;/m0./s1. The Balaban J connectivity index is 0.000000816. The number of piperidine rings is 3. The molecule has 0 bridgehead atoms. The Morgan fingerprint density at radius 3 is 2.18 bits per heavy atom. The van der Waals surface area contributed by atoms with Gasteiger partial charge >= 0.3 is 12.1 Å². The fourth-order valence-electron chi connectivity index (χ4n) is 11.1. The number of aromatic nitrogens is 2. The topological polar surface area (TPSA) is 195 Å². The zero-order valence-electron chi connectivity index (χ0n) is 40.7. The van der Waals surface area contributed by atoms with Gasteiger partial charge in [0.1, 0.15) is 11.8 Å². The number of carbonyl (C=O) groups excluding carboxylic acids is 6. The predicted molar refractivity (Wildman–Crippen MR) is 257 cm³/mol. The van der Waals surface area contributed by atoms with Crippen LogP contribution < -0.4 is 15.0 Å². The second-order valence-corrected chi connectivity index (χ2v) is 20.7. The highest BCUT2D eigenvalue weighted by Crippen LogP contribution is 2.46. The predicted octanol–water partition coefficient (Wildman–Crippen LogP) is 5.21. The Morgan fingerprint density at radius 2 is 1.52 bits per heavy atom. The SMILES string of the molecule is C[C@H]1CCc2c(ccc(-c3cnn(C4CCN(C(=O)CN5CCC(N6CC(C#Cc7ccc8c(c7)C(=O)N(C7CCC(=O)NC7=O)C8=O)C6)CC5)CC4)c3)c2OC2CCC2)N1C(=O)C1CC1.O=C(O)C(F)(F)F. The number of amides is 6. The maximum absolute atomic E-state index is 13.6. The van der Waals surface area contributed by atoms with Crippen molar-refractivity contribution < 1.29 is 56.6 Å². The molecule has 1 aromatic heterocycles. The molecule has 6 aliphatic heterocycles. The maximum Gasteiger partial charge on any atom is 0.490 e. The lowest BCUT2D eigenvalue weighted by atomic mass is 9.91. The molecule has 0 spiro atoms. The summed E-state index contributed by atoms with van der Waals surface area (Å²) in [6.45, 7) is 7.56. The Bertz CT molecular complexity index is 2770. The highest BCUT2D eigenvalue weighted by atomic mass is 19.4. The number of carbonyl (C=O) groups is 7. The molecule has 1 unspecified atom stereocenters. The quantitative estimate of drug-likeness (QED) is 0.211. The van der Waals surface area contributed by atoms with Crippen molar-refractivity contribution in [3.8, 4) is 28.7 Å². The number of anilines is 1. The first-order chi connectivity index (χ1) is 35.0. The molecule has 3 aromatic rings. The number of halogens is 3. The van der Waals surface area contributed by atoms with Gasteiger partial charge in [0.05, 0.1) is 41.7 Å². The zero-order chi connectivity index (χ0) is 51.3. The Morgan fingerprint density at radius 1 is 0.836 bits per heavy atom. The minimum absolute atomic E-state index is 0.0789. The number of alkyl halides is 3. The molecule has 11 rings (SSSR count). The average molecular weight is 1010 g/mol. The van der Waals surface area contributed by atoms with E-state index >= 15 is 0 Å². The molecule has 386 valence electrons.